The average molecular weight is 248 g/mol. The molecule has 3 heteroatoms. The highest BCUT2D eigenvalue weighted by atomic mass is 32.1. The Labute approximate surface area is 109 Å². The first-order chi connectivity index (χ1) is 8.00. The number of rotatable bonds is 2. The monoisotopic (exact) mass is 248 g/mol. The zero-order valence-corrected chi connectivity index (χ0v) is 11.6. The number of thiocarbonyl (C=S) groups is 1. The minimum atomic E-state index is 0.496. The summed E-state index contributed by atoms with van der Waals surface area (Å²) in [5.41, 5.74) is 9.33. The molecule has 0 amide bonds. The minimum absolute atomic E-state index is 0.496. The smallest absolute Gasteiger partial charge is 0.106 e. The van der Waals surface area contributed by atoms with Crippen molar-refractivity contribution in [1.82, 2.24) is 0 Å². The summed E-state index contributed by atoms with van der Waals surface area (Å²) in [4.78, 5) is 2.93. The van der Waals surface area contributed by atoms with Gasteiger partial charge in [-0.05, 0) is 30.4 Å². The number of nitrogens with two attached hydrogens (primary N) is 1. The minimum Gasteiger partial charge on any atom is -0.389 e. The molecular formula is C14H20N2S. The van der Waals surface area contributed by atoms with Crippen molar-refractivity contribution < 1.29 is 0 Å². The Bertz CT molecular complexity index is 432. The summed E-state index contributed by atoms with van der Waals surface area (Å²) in [5.74, 6) is 1.46. The third kappa shape index (κ3) is 2.29. The van der Waals surface area contributed by atoms with E-state index in [1.165, 1.54) is 11.3 Å². The largest absolute Gasteiger partial charge is 0.389 e. The van der Waals surface area contributed by atoms with E-state index in [9.17, 15) is 0 Å². The zero-order chi connectivity index (χ0) is 12.6. The molecule has 1 aliphatic heterocycles. The molecule has 92 valence electrons. The lowest BCUT2D eigenvalue weighted by molar-refractivity contribution is 0.494. The maximum atomic E-state index is 5.83. The van der Waals surface area contributed by atoms with Crippen LogP contribution in [-0.4, -0.2) is 18.1 Å². The van der Waals surface area contributed by atoms with Crippen molar-refractivity contribution in [2.24, 2.45) is 17.6 Å². The highest BCUT2D eigenvalue weighted by molar-refractivity contribution is 7.80. The van der Waals surface area contributed by atoms with E-state index in [-0.39, 0.29) is 0 Å². The third-order valence-electron chi connectivity index (χ3n) is 3.81. The zero-order valence-electron chi connectivity index (χ0n) is 10.7. The lowest BCUT2D eigenvalue weighted by atomic mass is 10.0. The third-order valence-corrected chi connectivity index (χ3v) is 4.03. The first kappa shape index (κ1) is 12.4. The molecule has 1 aliphatic rings. The Morgan fingerprint density at radius 1 is 1.29 bits per heavy atom. The van der Waals surface area contributed by atoms with Crippen molar-refractivity contribution in [3.63, 3.8) is 0 Å². The maximum Gasteiger partial charge on any atom is 0.106 e. The standard InChI is InChI=1S/C14H20N2S/c1-9-5-4-6-12(14(15)17)13(9)16-7-10(2)11(3)8-16/h4-6,10-11H,7-8H2,1-3H3,(H2,15,17). The van der Waals surface area contributed by atoms with Crippen LogP contribution >= 0.6 is 12.2 Å². The van der Waals surface area contributed by atoms with Crippen LogP contribution in [0.25, 0.3) is 0 Å². The summed E-state index contributed by atoms with van der Waals surface area (Å²) in [5, 5.41) is 0. The topological polar surface area (TPSA) is 29.3 Å². The van der Waals surface area contributed by atoms with E-state index in [2.05, 4.69) is 31.7 Å². The van der Waals surface area contributed by atoms with Gasteiger partial charge in [-0.2, -0.15) is 0 Å². The van der Waals surface area contributed by atoms with Crippen LogP contribution in [-0.2, 0) is 0 Å². The average Bonchev–Trinajstić information content (AvgIpc) is 2.58. The molecule has 17 heavy (non-hydrogen) atoms. The molecule has 0 bridgehead atoms. The van der Waals surface area contributed by atoms with Crippen LogP contribution in [0.2, 0.25) is 0 Å². The Morgan fingerprint density at radius 3 is 2.41 bits per heavy atom. The van der Waals surface area contributed by atoms with Crippen molar-refractivity contribution in [2.75, 3.05) is 18.0 Å². The summed E-state index contributed by atoms with van der Waals surface area (Å²) in [6.45, 7) is 8.95. The second-order valence-electron chi connectivity index (χ2n) is 5.19. The second kappa shape index (κ2) is 4.65. The molecule has 2 N–H and O–H groups in total. The Kier molecular flexibility index (Phi) is 3.38. The lowest BCUT2D eigenvalue weighted by Gasteiger charge is -2.24. The summed E-state index contributed by atoms with van der Waals surface area (Å²) in [7, 11) is 0. The van der Waals surface area contributed by atoms with Gasteiger partial charge in [0.1, 0.15) is 4.99 Å². The molecule has 0 radical (unpaired) electrons. The van der Waals surface area contributed by atoms with Gasteiger partial charge < -0.3 is 10.6 Å². The summed E-state index contributed by atoms with van der Waals surface area (Å²) < 4.78 is 0. The van der Waals surface area contributed by atoms with Crippen LogP contribution in [0.3, 0.4) is 0 Å². The number of hydrogen-bond donors (Lipinski definition) is 1. The number of aryl methyl sites for hydroxylation is 1. The normalized spacial score (nSPS) is 24.1. The fourth-order valence-corrected chi connectivity index (χ4v) is 2.75. The van der Waals surface area contributed by atoms with E-state index in [1.807, 2.05) is 12.1 Å². The summed E-state index contributed by atoms with van der Waals surface area (Å²) >= 11 is 5.15. The van der Waals surface area contributed by atoms with Gasteiger partial charge >= 0.3 is 0 Å². The predicted octanol–water partition coefficient (Wildman–Crippen LogP) is 2.72. The van der Waals surface area contributed by atoms with Crippen molar-refractivity contribution >= 4 is 22.9 Å². The van der Waals surface area contributed by atoms with E-state index in [1.54, 1.807) is 0 Å². The van der Waals surface area contributed by atoms with E-state index in [4.69, 9.17) is 18.0 Å². The van der Waals surface area contributed by atoms with Crippen molar-refractivity contribution in [2.45, 2.75) is 20.8 Å². The Morgan fingerprint density at radius 2 is 1.88 bits per heavy atom. The molecule has 2 rings (SSSR count). The van der Waals surface area contributed by atoms with Crippen molar-refractivity contribution in [3.05, 3.63) is 29.3 Å². The lowest BCUT2D eigenvalue weighted by Crippen LogP contribution is -2.24. The SMILES string of the molecule is Cc1cccc(C(N)=S)c1N1CC(C)C(C)C1. The number of anilines is 1. The molecule has 1 aromatic rings. The van der Waals surface area contributed by atoms with Crippen molar-refractivity contribution in [3.8, 4) is 0 Å². The van der Waals surface area contributed by atoms with Crippen LogP contribution < -0.4 is 10.6 Å². The summed E-state index contributed by atoms with van der Waals surface area (Å²) in [6, 6.07) is 6.18. The molecule has 1 aromatic carbocycles. The van der Waals surface area contributed by atoms with Gasteiger partial charge in [-0.15, -0.1) is 0 Å². The van der Waals surface area contributed by atoms with Crippen LogP contribution in [0, 0.1) is 18.8 Å². The number of benzene rings is 1. The fourth-order valence-electron chi connectivity index (χ4n) is 2.59. The first-order valence-corrected chi connectivity index (χ1v) is 6.56. The predicted molar refractivity (Wildman–Crippen MR) is 77.6 cm³/mol. The first-order valence-electron chi connectivity index (χ1n) is 6.15. The van der Waals surface area contributed by atoms with Crippen LogP contribution in [0.1, 0.15) is 25.0 Å². The molecule has 1 fully saturated rings. The van der Waals surface area contributed by atoms with Crippen molar-refractivity contribution in [1.29, 1.82) is 0 Å². The van der Waals surface area contributed by atoms with Crippen LogP contribution in [0.4, 0.5) is 5.69 Å². The highest BCUT2D eigenvalue weighted by Gasteiger charge is 2.28. The molecule has 0 saturated carbocycles. The maximum absolute atomic E-state index is 5.83. The van der Waals surface area contributed by atoms with E-state index in [0.717, 1.165) is 30.5 Å². The van der Waals surface area contributed by atoms with Crippen LogP contribution in [0.5, 0.6) is 0 Å². The van der Waals surface area contributed by atoms with Gasteiger partial charge in [-0.3, -0.25) is 0 Å². The molecule has 0 spiro atoms. The molecule has 1 saturated heterocycles. The van der Waals surface area contributed by atoms with Gasteiger partial charge in [0.2, 0.25) is 0 Å². The molecule has 2 atom stereocenters. The molecule has 2 unspecified atom stereocenters. The number of para-hydroxylation sites is 1. The van der Waals surface area contributed by atoms with Crippen LogP contribution in [0.15, 0.2) is 18.2 Å². The van der Waals surface area contributed by atoms with Gasteiger partial charge in [0.05, 0.1) is 0 Å². The second-order valence-corrected chi connectivity index (χ2v) is 5.63. The summed E-state index contributed by atoms with van der Waals surface area (Å²) in [6.07, 6.45) is 0. The molecule has 0 aromatic heterocycles. The van der Waals surface area contributed by atoms with Gasteiger partial charge in [-0.25, -0.2) is 0 Å². The molecule has 1 heterocycles. The van der Waals surface area contributed by atoms with Gasteiger partial charge in [0, 0.05) is 24.3 Å². The number of hydrogen-bond acceptors (Lipinski definition) is 2. The van der Waals surface area contributed by atoms with E-state index in [0.29, 0.717) is 4.99 Å². The highest BCUT2D eigenvalue weighted by Crippen LogP contribution is 2.32. The fraction of sp³-hybridized carbons (Fsp3) is 0.500. The Hall–Kier alpha value is -1.09. The Balaban J connectivity index is 2.41. The van der Waals surface area contributed by atoms with Gasteiger partial charge in [0.15, 0.2) is 0 Å². The number of nitrogens with zero attached hydrogens (tertiary/aromatic N) is 1. The quantitative estimate of drug-likeness (QED) is 0.816. The van der Waals surface area contributed by atoms with E-state index >= 15 is 0 Å². The molecular weight excluding hydrogens is 228 g/mol. The van der Waals surface area contributed by atoms with Gasteiger partial charge in [0.25, 0.3) is 0 Å². The molecule has 0 aliphatic carbocycles. The van der Waals surface area contributed by atoms with E-state index < -0.39 is 0 Å². The van der Waals surface area contributed by atoms with Gasteiger partial charge in [-0.1, -0.05) is 38.2 Å². The molecule has 2 nitrogen and oxygen atoms in total.